The fraction of sp³-hybridized carbons (Fsp3) is 0.609. The third-order valence-electron chi connectivity index (χ3n) is 7.16. The number of phenols is 1. The number of carbonyl (C=O) groups is 1. The van der Waals surface area contributed by atoms with Crippen molar-refractivity contribution in [1.29, 1.82) is 0 Å². The van der Waals surface area contributed by atoms with Gasteiger partial charge in [0.2, 0.25) is 11.6 Å². The fourth-order valence-electron chi connectivity index (χ4n) is 5.07. The molecule has 37 heavy (non-hydrogen) atoms. The molecule has 0 bridgehead atoms. The molecule has 1 aromatic carbocycles. The van der Waals surface area contributed by atoms with Gasteiger partial charge in [0.1, 0.15) is 28.7 Å². The number of likely N-dealkylation sites (N-methyl/N-ethyl adjacent to an activating group) is 2. The predicted molar refractivity (Wildman–Crippen MR) is 148 cm³/mol. The van der Waals surface area contributed by atoms with E-state index in [-0.39, 0.29) is 29.1 Å². The lowest BCUT2D eigenvalue weighted by Crippen LogP contribution is -2.53. The first-order valence-electron chi connectivity index (χ1n) is 11.7. The van der Waals surface area contributed by atoms with E-state index in [9.17, 15) is 20.1 Å². The molecule has 0 amide bonds. The van der Waals surface area contributed by atoms with Gasteiger partial charge in [0, 0.05) is 23.6 Å². The first-order valence-corrected chi connectivity index (χ1v) is 15.1. The molecule has 0 radical (unpaired) electrons. The maximum Gasteiger partial charge on any atom is 0.324 e. The SMILES string of the molecule is CO[C@@H]1SC([C@H]2CSC([C@@H]3CSC([C@@]4(O)N=C(c5cc(Cl)ccc5O)O[C@@H]4C)N3C)=N2)N(C)[C@H]1C(=O)O. The molecule has 4 aliphatic rings. The second kappa shape index (κ2) is 10.4. The van der Waals surface area contributed by atoms with Gasteiger partial charge in [-0.1, -0.05) is 11.6 Å². The molecule has 1 aromatic rings. The number of aliphatic hydroxyl groups is 1. The minimum Gasteiger partial charge on any atom is -0.507 e. The Morgan fingerprint density at radius 2 is 2.05 bits per heavy atom. The standard InChI is InChI=1S/C23H29ClN4O6S3/c1-10-23(32,26-17(34-10)12-7-11(24)5-6-15(12)29)22-27(2)14(9-36-22)18-25-13(8-35-18)19-28(3)16(20(30)31)21(33-4)37-19/h5-7,10,13-14,16,19,21-22,29,32H,8-9H2,1-4H3,(H,30,31)/t10-,13-,14+,16+,19?,21-,22?,23-/m1/s1. The van der Waals surface area contributed by atoms with Crippen LogP contribution in [0.1, 0.15) is 12.5 Å². The summed E-state index contributed by atoms with van der Waals surface area (Å²) in [6.45, 7) is 1.76. The van der Waals surface area contributed by atoms with Crippen molar-refractivity contribution >= 4 is 63.8 Å². The van der Waals surface area contributed by atoms with Crippen LogP contribution in [0.5, 0.6) is 5.75 Å². The molecule has 5 rings (SSSR count). The van der Waals surface area contributed by atoms with Crippen LogP contribution >= 0.6 is 46.9 Å². The molecule has 0 aliphatic carbocycles. The topological polar surface area (TPSA) is 127 Å². The molecule has 8 atom stereocenters. The number of methoxy groups -OCH3 is 1. The molecular formula is C23H29ClN4O6S3. The average Bonchev–Trinajstić information content (AvgIpc) is 3.61. The normalized spacial score (nSPS) is 38.6. The number of thioether (sulfide) groups is 3. The van der Waals surface area contributed by atoms with E-state index in [0.29, 0.717) is 16.3 Å². The summed E-state index contributed by atoms with van der Waals surface area (Å²) < 4.78 is 11.3. The van der Waals surface area contributed by atoms with E-state index in [2.05, 4.69) is 9.89 Å². The predicted octanol–water partition coefficient (Wildman–Crippen LogP) is 2.22. The molecular weight excluding hydrogens is 560 g/mol. The first kappa shape index (κ1) is 27.4. The Labute approximate surface area is 232 Å². The van der Waals surface area contributed by atoms with E-state index in [1.54, 1.807) is 42.6 Å². The Hall–Kier alpha value is -1.19. The third-order valence-corrected chi connectivity index (χ3v) is 11.7. The number of hydrogen-bond acceptors (Lipinski definition) is 12. The van der Waals surface area contributed by atoms with Crippen LogP contribution in [0.2, 0.25) is 5.02 Å². The van der Waals surface area contributed by atoms with Crippen LogP contribution in [-0.2, 0) is 14.3 Å². The van der Waals surface area contributed by atoms with Crippen LogP contribution in [0.15, 0.2) is 28.2 Å². The number of carboxylic acids is 1. The number of hydrogen-bond donors (Lipinski definition) is 3. The number of carboxylic acid groups (broad SMARTS) is 1. The number of nitrogens with zero attached hydrogens (tertiary/aromatic N) is 4. The average molecular weight is 589 g/mol. The van der Waals surface area contributed by atoms with Crippen molar-refractivity contribution in [3.63, 3.8) is 0 Å². The molecule has 2 saturated heterocycles. The highest BCUT2D eigenvalue weighted by Crippen LogP contribution is 2.45. The summed E-state index contributed by atoms with van der Waals surface area (Å²) in [6.07, 6.45) is -0.645. The summed E-state index contributed by atoms with van der Waals surface area (Å²) in [5.41, 5.74) is -1.65. The summed E-state index contributed by atoms with van der Waals surface area (Å²) in [7, 11) is 5.29. The summed E-state index contributed by atoms with van der Waals surface area (Å²) in [5, 5.41) is 32.5. The van der Waals surface area contributed by atoms with Crippen molar-refractivity contribution in [3.8, 4) is 5.75 Å². The van der Waals surface area contributed by atoms with Crippen molar-refractivity contribution in [2.24, 2.45) is 9.98 Å². The van der Waals surface area contributed by atoms with Crippen LogP contribution < -0.4 is 0 Å². The molecule has 4 heterocycles. The number of phenolic OH excluding ortho intramolecular Hbond substituents is 1. The highest BCUT2D eigenvalue weighted by Gasteiger charge is 2.55. The zero-order valence-electron chi connectivity index (χ0n) is 20.6. The maximum atomic E-state index is 11.8. The molecule has 3 N–H and O–H groups in total. The zero-order chi connectivity index (χ0) is 26.6. The van der Waals surface area contributed by atoms with Crippen LogP contribution in [-0.4, -0.2) is 121 Å². The quantitative estimate of drug-likeness (QED) is 0.452. The lowest BCUT2D eigenvalue weighted by molar-refractivity contribution is -0.145. The highest BCUT2D eigenvalue weighted by molar-refractivity contribution is 8.14. The largest absolute Gasteiger partial charge is 0.507 e. The second-order valence-corrected chi connectivity index (χ2v) is 13.2. The minimum atomic E-state index is -1.54. The molecule has 14 heteroatoms. The molecule has 4 aliphatic heterocycles. The van der Waals surface area contributed by atoms with E-state index in [1.165, 1.54) is 24.9 Å². The summed E-state index contributed by atoms with van der Waals surface area (Å²) in [5.74, 6) is 0.695. The molecule has 2 unspecified atom stereocenters. The van der Waals surface area contributed by atoms with E-state index in [4.69, 9.17) is 26.1 Å². The third kappa shape index (κ3) is 4.75. The number of aliphatic carboxylic acids is 1. The molecule has 2 fully saturated rings. The maximum absolute atomic E-state index is 11.8. The Morgan fingerprint density at radius 3 is 2.73 bits per heavy atom. The summed E-state index contributed by atoms with van der Waals surface area (Å²) in [4.78, 5) is 25.3. The number of benzene rings is 1. The lowest BCUT2D eigenvalue weighted by atomic mass is 10.1. The Kier molecular flexibility index (Phi) is 7.71. The van der Waals surface area contributed by atoms with E-state index in [1.807, 2.05) is 19.0 Å². The molecule has 0 aromatic heterocycles. The Morgan fingerprint density at radius 1 is 1.30 bits per heavy atom. The van der Waals surface area contributed by atoms with Crippen molar-refractivity contribution in [3.05, 3.63) is 28.8 Å². The fourth-order valence-corrected chi connectivity index (χ4v) is 9.86. The minimum absolute atomic E-state index is 0.0229. The van der Waals surface area contributed by atoms with Crippen LogP contribution in [0, 0.1) is 0 Å². The summed E-state index contributed by atoms with van der Waals surface area (Å²) in [6, 6.07) is 3.79. The monoisotopic (exact) mass is 588 g/mol. The van der Waals surface area contributed by atoms with Crippen molar-refractivity contribution in [2.45, 2.75) is 53.1 Å². The van der Waals surface area contributed by atoms with E-state index < -0.39 is 34.6 Å². The highest BCUT2D eigenvalue weighted by atomic mass is 35.5. The van der Waals surface area contributed by atoms with Crippen LogP contribution in [0.4, 0.5) is 0 Å². The Bertz CT molecular complexity index is 1140. The zero-order valence-corrected chi connectivity index (χ0v) is 23.9. The van der Waals surface area contributed by atoms with Gasteiger partial charge in [0.25, 0.3) is 0 Å². The van der Waals surface area contributed by atoms with Gasteiger partial charge < -0.3 is 24.8 Å². The van der Waals surface area contributed by atoms with Gasteiger partial charge in [-0.25, -0.2) is 4.99 Å². The van der Waals surface area contributed by atoms with Crippen LogP contribution in [0.25, 0.3) is 0 Å². The van der Waals surface area contributed by atoms with Gasteiger partial charge in [-0.05, 0) is 39.2 Å². The number of aromatic hydroxyl groups is 1. The van der Waals surface area contributed by atoms with E-state index >= 15 is 0 Å². The van der Waals surface area contributed by atoms with Crippen LogP contribution in [0.3, 0.4) is 0 Å². The van der Waals surface area contributed by atoms with Gasteiger partial charge in [0.05, 0.1) is 28.1 Å². The Balaban J connectivity index is 1.33. The second-order valence-electron chi connectivity index (χ2n) is 9.41. The van der Waals surface area contributed by atoms with Gasteiger partial charge in [-0.2, -0.15) is 0 Å². The number of rotatable bonds is 6. The molecule has 0 spiro atoms. The smallest absolute Gasteiger partial charge is 0.324 e. The van der Waals surface area contributed by atoms with Gasteiger partial charge in [-0.3, -0.25) is 19.6 Å². The van der Waals surface area contributed by atoms with Gasteiger partial charge in [0.15, 0.2) is 0 Å². The van der Waals surface area contributed by atoms with Crippen molar-refractivity contribution in [2.75, 3.05) is 32.7 Å². The van der Waals surface area contributed by atoms with Crippen molar-refractivity contribution < 1.29 is 29.6 Å². The van der Waals surface area contributed by atoms with Gasteiger partial charge >= 0.3 is 5.97 Å². The molecule has 202 valence electrons. The van der Waals surface area contributed by atoms with Gasteiger partial charge in [-0.15, -0.1) is 35.3 Å². The first-order chi connectivity index (χ1) is 17.5. The summed E-state index contributed by atoms with van der Waals surface area (Å²) >= 11 is 10.9. The van der Waals surface area contributed by atoms with E-state index in [0.717, 1.165) is 10.8 Å². The van der Waals surface area contributed by atoms with Crippen molar-refractivity contribution in [1.82, 2.24) is 9.80 Å². The number of halogens is 1. The molecule has 0 saturated carbocycles. The number of aliphatic imine (C=N–C) groups is 2. The number of ether oxygens (including phenoxy) is 2. The molecule has 10 nitrogen and oxygen atoms in total. The lowest BCUT2D eigenvalue weighted by Gasteiger charge is -2.34.